The van der Waals surface area contributed by atoms with E-state index < -0.39 is 15.6 Å². The van der Waals surface area contributed by atoms with Gasteiger partial charge in [0.2, 0.25) is 21.8 Å². The van der Waals surface area contributed by atoms with Gasteiger partial charge >= 0.3 is 0 Å². The van der Waals surface area contributed by atoms with Gasteiger partial charge in [0.15, 0.2) is 0 Å². The Morgan fingerprint density at radius 1 is 1.11 bits per heavy atom. The number of pyridine rings is 1. The van der Waals surface area contributed by atoms with Crippen LogP contribution in [0.3, 0.4) is 0 Å². The smallest absolute Gasteiger partial charge is 0.240 e. The van der Waals surface area contributed by atoms with E-state index in [9.17, 15) is 22.7 Å². The van der Waals surface area contributed by atoms with Crippen molar-refractivity contribution in [2.24, 2.45) is 5.92 Å². The molecule has 0 spiro atoms. The van der Waals surface area contributed by atoms with Crippen LogP contribution in [-0.2, 0) is 14.8 Å². The van der Waals surface area contributed by atoms with E-state index in [1.807, 2.05) is 6.92 Å². The van der Waals surface area contributed by atoms with E-state index in [2.05, 4.69) is 15.0 Å². The standard InChI is InChI=1S/C28H34FN3O5S/c1-18(19-4-9-22(29)10-5-19)30-27(33)20-6-11-23(12-7-20)32-38(35,36)24-13-14-25-21(16-24)8-15-26(31-25)37-17-28(2,3)34/h4-5,8-10,13-16,18,20,23,32,34H,6-7,11-12,17H2,1-3H3,(H,30,33)/t18-,20?,23?/m1/s1. The maximum Gasteiger partial charge on any atom is 0.240 e. The van der Waals surface area contributed by atoms with E-state index in [-0.39, 0.29) is 41.2 Å². The zero-order chi connectivity index (χ0) is 27.5. The zero-order valence-corrected chi connectivity index (χ0v) is 22.6. The van der Waals surface area contributed by atoms with Crippen LogP contribution in [0.5, 0.6) is 5.88 Å². The summed E-state index contributed by atoms with van der Waals surface area (Å²) in [6.45, 7) is 5.21. The van der Waals surface area contributed by atoms with Gasteiger partial charge in [-0.1, -0.05) is 12.1 Å². The topological polar surface area (TPSA) is 118 Å². The van der Waals surface area contributed by atoms with Gasteiger partial charge in [0.05, 0.1) is 22.1 Å². The van der Waals surface area contributed by atoms with Gasteiger partial charge in [-0.2, -0.15) is 0 Å². The first-order valence-corrected chi connectivity index (χ1v) is 14.2. The number of nitrogens with zero attached hydrogens (tertiary/aromatic N) is 1. The Kier molecular flexibility index (Phi) is 8.34. The second kappa shape index (κ2) is 11.3. The number of carbonyl (C=O) groups is 1. The van der Waals surface area contributed by atoms with Gasteiger partial charge in [0.25, 0.3) is 0 Å². The molecule has 3 aromatic rings. The Morgan fingerprint density at radius 3 is 2.45 bits per heavy atom. The van der Waals surface area contributed by atoms with Crippen molar-refractivity contribution in [1.82, 2.24) is 15.0 Å². The Bertz CT molecular complexity index is 1380. The van der Waals surface area contributed by atoms with Crippen LogP contribution in [0.25, 0.3) is 10.9 Å². The average Bonchev–Trinajstić information content (AvgIpc) is 2.87. The van der Waals surface area contributed by atoms with Crippen molar-refractivity contribution in [3.05, 3.63) is 66.0 Å². The molecule has 10 heteroatoms. The molecule has 1 fully saturated rings. The summed E-state index contributed by atoms with van der Waals surface area (Å²) in [6.07, 6.45) is 2.26. The third-order valence-electron chi connectivity index (χ3n) is 6.67. The van der Waals surface area contributed by atoms with Crippen molar-refractivity contribution >= 4 is 26.8 Å². The monoisotopic (exact) mass is 543 g/mol. The fourth-order valence-corrected chi connectivity index (χ4v) is 5.85. The van der Waals surface area contributed by atoms with Gasteiger partial charge in [0.1, 0.15) is 12.4 Å². The van der Waals surface area contributed by atoms with E-state index >= 15 is 0 Å². The zero-order valence-electron chi connectivity index (χ0n) is 21.8. The fraction of sp³-hybridized carbons (Fsp3) is 0.429. The fourth-order valence-electron chi connectivity index (χ4n) is 4.51. The van der Waals surface area contributed by atoms with Crippen LogP contribution >= 0.6 is 0 Å². The van der Waals surface area contributed by atoms with Gasteiger partial charge < -0.3 is 15.2 Å². The predicted molar refractivity (Wildman–Crippen MR) is 143 cm³/mol. The van der Waals surface area contributed by atoms with Gasteiger partial charge in [-0.15, -0.1) is 0 Å². The molecule has 1 aromatic heterocycles. The minimum atomic E-state index is -3.76. The van der Waals surface area contributed by atoms with Crippen molar-refractivity contribution in [2.75, 3.05) is 6.61 Å². The van der Waals surface area contributed by atoms with Gasteiger partial charge in [-0.25, -0.2) is 22.5 Å². The Balaban J connectivity index is 1.32. The number of halogens is 1. The van der Waals surface area contributed by atoms with E-state index in [1.54, 1.807) is 50.2 Å². The lowest BCUT2D eigenvalue weighted by molar-refractivity contribution is -0.126. The molecule has 1 aliphatic rings. The second-order valence-corrected chi connectivity index (χ2v) is 12.3. The highest BCUT2D eigenvalue weighted by Gasteiger charge is 2.30. The molecule has 1 atom stereocenters. The highest BCUT2D eigenvalue weighted by Crippen LogP contribution is 2.28. The molecule has 0 radical (unpaired) electrons. The molecule has 38 heavy (non-hydrogen) atoms. The van der Waals surface area contributed by atoms with Crippen LogP contribution in [0.15, 0.2) is 59.5 Å². The lowest BCUT2D eigenvalue weighted by Gasteiger charge is -2.29. The minimum absolute atomic E-state index is 0.0731. The van der Waals surface area contributed by atoms with Gasteiger partial charge in [-0.3, -0.25) is 4.79 Å². The Labute approximate surface area is 222 Å². The number of sulfonamides is 1. The number of ether oxygens (including phenoxy) is 1. The summed E-state index contributed by atoms with van der Waals surface area (Å²) < 4.78 is 47.6. The maximum absolute atomic E-state index is 13.2. The first kappa shape index (κ1) is 27.9. The average molecular weight is 544 g/mol. The molecule has 204 valence electrons. The highest BCUT2D eigenvalue weighted by molar-refractivity contribution is 7.89. The molecule has 3 N–H and O–H groups in total. The molecule has 1 aliphatic carbocycles. The lowest BCUT2D eigenvalue weighted by atomic mass is 9.85. The molecule has 4 rings (SSSR count). The molecule has 0 saturated heterocycles. The Hall–Kier alpha value is -3.08. The van der Waals surface area contributed by atoms with E-state index in [1.165, 1.54) is 18.2 Å². The van der Waals surface area contributed by atoms with Crippen molar-refractivity contribution < 1.29 is 27.4 Å². The van der Waals surface area contributed by atoms with Crippen molar-refractivity contribution in [3.63, 3.8) is 0 Å². The number of hydrogen-bond donors (Lipinski definition) is 3. The normalized spacial score (nSPS) is 19.2. The number of aliphatic hydroxyl groups is 1. The second-order valence-electron chi connectivity index (χ2n) is 10.6. The van der Waals surface area contributed by atoms with Crippen LogP contribution in [0.2, 0.25) is 0 Å². The van der Waals surface area contributed by atoms with E-state index in [0.717, 1.165) is 5.56 Å². The van der Waals surface area contributed by atoms with Crippen molar-refractivity contribution in [2.45, 2.75) is 69.0 Å². The maximum atomic E-state index is 13.2. The van der Waals surface area contributed by atoms with Crippen LogP contribution in [0.1, 0.15) is 58.1 Å². The number of nitrogens with one attached hydrogen (secondary N) is 2. The molecule has 0 unspecified atom stereocenters. The summed E-state index contributed by atoms with van der Waals surface area (Å²) in [7, 11) is -3.76. The largest absolute Gasteiger partial charge is 0.475 e. The number of amides is 1. The summed E-state index contributed by atoms with van der Waals surface area (Å²) in [5.74, 6) is -0.244. The third kappa shape index (κ3) is 7.27. The molecule has 1 heterocycles. The number of fused-ring (bicyclic) bond motifs is 1. The summed E-state index contributed by atoms with van der Waals surface area (Å²) in [4.78, 5) is 17.3. The number of aromatic nitrogens is 1. The summed E-state index contributed by atoms with van der Waals surface area (Å²) >= 11 is 0. The molecule has 2 aromatic carbocycles. The summed E-state index contributed by atoms with van der Waals surface area (Å²) in [6, 6.07) is 13.6. The van der Waals surface area contributed by atoms with Crippen LogP contribution in [0.4, 0.5) is 4.39 Å². The summed E-state index contributed by atoms with van der Waals surface area (Å²) in [5, 5.41) is 13.5. The van der Waals surface area contributed by atoms with E-state index in [0.29, 0.717) is 42.5 Å². The number of benzene rings is 2. The lowest BCUT2D eigenvalue weighted by Crippen LogP contribution is -2.41. The molecular formula is C28H34FN3O5S. The van der Waals surface area contributed by atoms with Crippen LogP contribution in [0, 0.1) is 11.7 Å². The number of rotatable bonds is 9. The minimum Gasteiger partial charge on any atom is -0.475 e. The van der Waals surface area contributed by atoms with E-state index in [4.69, 9.17) is 4.74 Å². The Morgan fingerprint density at radius 2 is 1.79 bits per heavy atom. The van der Waals surface area contributed by atoms with Crippen molar-refractivity contribution in [3.8, 4) is 5.88 Å². The first-order chi connectivity index (χ1) is 17.9. The number of carbonyl (C=O) groups excluding carboxylic acids is 1. The highest BCUT2D eigenvalue weighted by atomic mass is 32.2. The first-order valence-electron chi connectivity index (χ1n) is 12.7. The molecular weight excluding hydrogens is 509 g/mol. The van der Waals surface area contributed by atoms with Gasteiger partial charge in [-0.05, 0) is 88.4 Å². The predicted octanol–water partition coefficient (Wildman–Crippen LogP) is 4.24. The molecule has 8 nitrogen and oxygen atoms in total. The molecule has 1 amide bonds. The third-order valence-corrected chi connectivity index (χ3v) is 8.19. The molecule has 0 aliphatic heterocycles. The molecule has 0 bridgehead atoms. The summed E-state index contributed by atoms with van der Waals surface area (Å²) in [5.41, 5.74) is 0.411. The SMILES string of the molecule is C[C@@H](NC(=O)C1CCC(NS(=O)(=O)c2ccc3nc(OCC(C)(C)O)ccc3c2)CC1)c1ccc(F)cc1. The van der Waals surface area contributed by atoms with Gasteiger partial charge in [0, 0.05) is 23.4 Å². The molecule has 1 saturated carbocycles. The van der Waals surface area contributed by atoms with Crippen LogP contribution < -0.4 is 14.8 Å². The number of hydrogen-bond acceptors (Lipinski definition) is 6. The van der Waals surface area contributed by atoms with Crippen molar-refractivity contribution in [1.29, 1.82) is 0 Å². The quantitative estimate of drug-likeness (QED) is 0.372. The van der Waals surface area contributed by atoms with Crippen LogP contribution in [-0.4, -0.2) is 42.7 Å².